The molecule has 1 aromatic carbocycles. The number of carbonyl (C=O) groups is 1. The second-order valence-electron chi connectivity index (χ2n) is 11.3. The van der Waals surface area contributed by atoms with Gasteiger partial charge in [0.25, 0.3) is 6.43 Å². The van der Waals surface area contributed by atoms with Crippen LogP contribution in [-0.4, -0.2) is 59.3 Å². The number of likely N-dealkylation sites (tertiary alicyclic amines) is 1. The van der Waals surface area contributed by atoms with Crippen molar-refractivity contribution in [2.75, 3.05) is 38.3 Å². The predicted octanol–water partition coefficient (Wildman–Crippen LogP) is 4.59. The summed E-state index contributed by atoms with van der Waals surface area (Å²) in [5.74, 6) is -1.06. The van der Waals surface area contributed by atoms with Crippen molar-refractivity contribution in [2.24, 2.45) is 5.41 Å². The van der Waals surface area contributed by atoms with Gasteiger partial charge in [-0.3, -0.25) is 9.69 Å². The van der Waals surface area contributed by atoms with Crippen LogP contribution < -0.4 is 10.6 Å². The normalized spacial score (nSPS) is 21.1. The fourth-order valence-electron chi connectivity index (χ4n) is 5.37. The first-order chi connectivity index (χ1) is 19.5. The molecular formula is C28H32F4N6O3. The van der Waals surface area contributed by atoms with Gasteiger partial charge in [0.1, 0.15) is 30.2 Å². The van der Waals surface area contributed by atoms with Crippen LogP contribution in [0.1, 0.15) is 79.7 Å². The van der Waals surface area contributed by atoms with Crippen LogP contribution in [0, 0.1) is 29.5 Å². The van der Waals surface area contributed by atoms with E-state index in [2.05, 4.69) is 26.7 Å². The lowest BCUT2D eigenvalue weighted by molar-refractivity contribution is -0.132. The summed E-state index contributed by atoms with van der Waals surface area (Å²) in [7, 11) is 0. The minimum absolute atomic E-state index is 0.000248. The Kier molecular flexibility index (Phi) is 7.93. The Morgan fingerprint density at radius 1 is 1.22 bits per heavy atom. The highest BCUT2D eigenvalue weighted by Crippen LogP contribution is 2.43. The molecule has 2 saturated heterocycles. The number of ether oxygens (including phenoxy) is 2. The van der Waals surface area contributed by atoms with Crippen LogP contribution in [-0.2, 0) is 14.3 Å². The number of nitrogens with zero attached hydrogens (tertiary/aromatic N) is 4. The van der Waals surface area contributed by atoms with Crippen molar-refractivity contribution in [3.05, 3.63) is 52.2 Å². The van der Waals surface area contributed by atoms with E-state index in [0.29, 0.717) is 18.4 Å². The van der Waals surface area contributed by atoms with Crippen LogP contribution in [0.5, 0.6) is 0 Å². The lowest BCUT2D eigenvalue weighted by atomic mass is 9.81. The van der Waals surface area contributed by atoms with Crippen molar-refractivity contribution in [1.82, 2.24) is 20.2 Å². The Balaban J connectivity index is 1.57. The molecule has 5 rings (SSSR count). The van der Waals surface area contributed by atoms with Gasteiger partial charge in [0.15, 0.2) is 6.29 Å². The summed E-state index contributed by atoms with van der Waals surface area (Å²) in [6.07, 6.45) is -2.95. The molecular weight excluding hydrogens is 544 g/mol. The summed E-state index contributed by atoms with van der Waals surface area (Å²) < 4.78 is 67.2. The molecule has 2 aromatic rings. The Bertz CT molecular complexity index is 1350. The Hall–Kier alpha value is -3.34. The summed E-state index contributed by atoms with van der Waals surface area (Å²) in [4.78, 5) is 24.7. The molecule has 0 bridgehead atoms. The van der Waals surface area contributed by atoms with Crippen LogP contribution in [0.25, 0.3) is 0 Å². The van der Waals surface area contributed by atoms with Crippen molar-refractivity contribution in [3.63, 3.8) is 0 Å². The van der Waals surface area contributed by atoms with Gasteiger partial charge in [0.05, 0.1) is 53.1 Å². The smallest absolute Gasteiger partial charge is 0.266 e. The van der Waals surface area contributed by atoms with Crippen molar-refractivity contribution in [3.8, 4) is 6.07 Å². The molecule has 2 N–H and O–H groups in total. The summed E-state index contributed by atoms with van der Waals surface area (Å²) >= 11 is 0. The third-order valence-corrected chi connectivity index (χ3v) is 7.80. The number of benzene rings is 1. The average Bonchev–Trinajstić information content (AvgIpc) is 3.47. The number of nitrogens with one attached hydrogen (secondary N) is 2. The number of halogens is 4. The summed E-state index contributed by atoms with van der Waals surface area (Å²) in [6.45, 7) is 5.35. The zero-order chi connectivity index (χ0) is 29.5. The van der Waals surface area contributed by atoms with Gasteiger partial charge in [-0.15, -0.1) is 0 Å². The molecule has 1 aromatic heterocycles. The molecule has 41 heavy (non-hydrogen) atoms. The first-order valence-electron chi connectivity index (χ1n) is 13.5. The Labute approximate surface area is 235 Å². The number of amides is 1. The maximum absolute atomic E-state index is 15.0. The molecule has 2 atom stereocenters. The number of hydrogen-bond acceptors (Lipinski definition) is 8. The van der Waals surface area contributed by atoms with Crippen molar-refractivity contribution in [1.29, 1.82) is 5.26 Å². The number of aromatic nitrogens is 2. The zero-order valence-corrected chi connectivity index (χ0v) is 23.0. The molecule has 9 nitrogen and oxygen atoms in total. The monoisotopic (exact) mass is 576 g/mol. The van der Waals surface area contributed by atoms with E-state index in [-0.39, 0.29) is 49.2 Å². The maximum Gasteiger partial charge on any atom is 0.266 e. The second-order valence-corrected chi connectivity index (χ2v) is 11.3. The third-order valence-electron chi connectivity index (χ3n) is 7.80. The lowest BCUT2D eigenvalue weighted by Crippen LogP contribution is -2.59. The predicted molar refractivity (Wildman–Crippen MR) is 139 cm³/mol. The summed E-state index contributed by atoms with van der Waals surface area (Å²) in [5.41, 5.74) is -1.78. The average molecular weight is 577 g/mol. The topological polar surface area (TPSA) is 112 Å². The van der Waals surface area contributed by atoms with Gasteiger partial charge in [-0.25, -0.2) is 27.5 Å². The van der Waals surface area contributed by atoms with E-state index in [1.165, 1.54) is 12.1 Å². The van der Waals surface area contributed by atoms with Gasteiger partial charge in [-0.2, -0.15) is 5.26 Å². The summed E-state index contributed by atoms with van der Waals surface area (Å²) in [5, 5.41) is 15.5. The highest BCUT2D eigenvalue weighted by molar-refractivity contribution is 5.85. The van der Waals surface area contributed by atoms with Gasteiger partial charge in [0, 0.05) is 18.7 Å². The van der Waals surface area contributed by atoms with Crippen molar-refractivity contribution in [2.45, 2.75) is 64.0 Å². The van der Waals surface area contributed by atoms with Crippen molar-refractivity contribution < 1.29 is 31.8 Å². The maximum atomic E-state index is 15.0. The number of alkyl halides is 3. The third kappa shape index (κ3) is 5.73. The highest BCUT2D eigenvalue weighted by atomic mass is 19.3. The Morgan fingerprint density at radius 2 is 1.88 bits per heavy atom. The molecule has 220 valence electrons. The van der Waals surface area contributed by atoms with E-state index in [1.807, 2.05) is 0 Å². The minimum atomic E-state index is -2.99. The van der Waals surface area contributed by atoms with Crippen LogP contribution in [0.2, 0.25) is 0 Å². The van der Waals surface area contributed by atoms with Crippen LogP contribution in [0.15, 0.2) is 18.2 Å². The molecule has 2 aliphatic heterocycles. The number of rotatable bonds is 10. The van der Waals surface area contributed by atoms with Crippen LogP contribution in [0.3, 0.4) is 0 Å². The fraction of sp³-hybridized carbons (Fsp3) is 0.571. The molecule has 0 spiro atoms. The van der Waals surface area contributed by atoms with Crippen LogP contribution in [0.4, 0.5) is 23.4 Å². The Morgan fingerprint density at radius 3 is 2.46 bits per heavy atom. The van der Waals surface area contributed by atoms with Gasteiger partial charge in [0.2, 0.25) is 5.91 Å². The standard InChI is InChI=1S/C28H32F4N6O3/c1-15(17-5-4-6-18(20(17)30)23(31)32)34-24-19(26-40-9-10-41-26)21(35-16(2)36-24)22(38-13-27(3,12-33)14-38)25(39)37-28(11-29)7-8-28/h4-6,15,22-23,26H,7-11,13-14H2,1-3H3,(H,37,39)(H,34,35,36)/t15-,22?/m1/s1. The van der Waals surface area contributed by atoms with E-state index < -0.39 is 59.7 Å². The van der Waals surface area contributed by atoms with Gasteiger partial charge in [-0.05, 0) is 33.6 Å². The molecule has 3 heterocycles. The largest absolute Gasteiger partial charge is 0.363 e. The number of carbonyl (C=O) groups excluding carboxylic acids is 1. The lowest BCUT2D eigenvalue weighted by Gasteiger charge is -2.47. The zero-order valence-electron chi connectivity index (χ0n) is 23.0. The van der Waals surface area contributed by atoms with Gasteiger partial charge in [-0.1, -0.05) is 18.2 Å². The number of nitriles is 1. The highest BCUT2D eigenvalue weighted by Gasteiger charge is 2.51. The van der Waals surface area contributed by atoms with E-state index >= 15 is 4.39 Å². The molecule has 1 amide bonds. The summed E-state index contributed by atoms with van der Waals surface area (Å²) in [6, 6.07) is 4.20. The second kappa shape index (κ2) is 11.2. The van der Waals surface area contributed by atoms with Gasteiger partial charge >= 0.3 is 0 Å². The first kappa shape index (κ1) is 29.2. The first-order valence-corrected chi connectivity index (χ1v) is 13.5. The van der Waals surface area contributed by atoms with Crippen molar-refractivity contribution >= 4 is 11.7 Å². The molecule has 3 fully saturated rings. The van der Waals surface area contributed by atoms with E-state index in [1.54, 1.807) is 25.7 Å². The molecule has 1 saturated carbocycles. The molecule has 3 aliphatic rings. The van der Waals surface area contributed by atoms with E-state index in [9.17, 15) is 23.2 Å². The van der Waals surface area contributed by atoms with Crippen LogP contribution >= 0.6 is 0 Å². The van der Waals surface area contributed by atoms with E-state index in [0.717, 1.165) is 6.07 Å². The SMILES string of the molecule is Cc1nc(N[C@H](C)c2cccc(C(F)F)c2F)c(C2OCCO2)c(C(C(=O)NC2(CF)CC2)N2CC(C)(C#N)C2)n1. The number of anilines is 1. The molecule has 1 aliphatic carbocycles. The van der Waals surface area contributed by atoms with Gasteiger partial charge < -0.3 is 20.1 Å². The number of aryl methyl sites for hydroxylation is 1. The van der Waals surface area contributed by atoms with E-state index in [4.69, 9.17) is 9.47 Å². The number of hydrogen-bond donors (Lipinski definition) is 2. The molecule has 0 radical (unpaired) electrons. The minimum Gasteiger partial charge on any atom is -0.363 e. The fourth-order valence-corrected chi connectivity index (χ4v) is 5.37. The molecule has 1 unspecified atom stereocenters. The quantitative estimate of drug-likeness (QED) is 0.395. The molecule has 13 heteroatoms.